The zero-order valence-corrected chi connectivity index (χ0v) is 28.9. The van der Waals surface area contributed by atoms with Crippen molar-refractivity contribution in [2.45, 2.75) is 205 Å². The van der Waals surface area contributed by atoms with Gasteiger partial charge in [0.15, 0.2) is 0 Å². The monoisotopic (exact) mass is 634 g/mol. The van der Waals surface area contributed by atoms with Crippen molar-refractivity contribution in [3.63, 3.8) is 0 Å². The van der Waals surface area contributed by atoms with Crippen LogP contribution < -0.4 is 0 Å². The molecule has 8 unspecified atom stereocenters. The number of carbonyl (C=O) groups excluding carboxylic acids is 2. The van der Waals surface area contributed by atoms with E-state index in [-0.39, 0.29) is 24.1 Å². The van der Waals surface area contributed by atoms with Gasteiger partial charge in [-0.1, -0.05) is 117 Å². The first-order chi connectivity index (χ1) is 22.1. The van der Waals surface area contributed by atoms with E-state index in [1.165, 1.54) is 103 Å². The summed E-state index contributed by atoms with van der Waals surface area (Å²) in [5.41, 5.74) is 0. The average Bonchev–Trinajstić information content (AvgIpc) is 3.95. The van der Waals surface area contributed by atoms with Gasteiger partial charge in [0.25, 0.3) is 0 Å². The highest BCUT2D eigenvalue weighted by Gasteiger charge is 2.53. The molecule has 0 aromatic rings. The number of rotatable bonds is 28. The van der Waals surface area contributed by atoms with Gasteiger partial charge in [0.1, 0.15) is 0 Å². The molecule has 4 fully saturated rings. The van der Waals surface area contributed by atoms with Crippen LogP contribution in [0.15, 0.2) is 0 Å². The van der Waals surface area contributed by atoms with E-state index in [0.717, 1.165) is 38.5 Å². The molecule has 0 bridgehead atoms. The average molecular weight is 635 g/mol. The maximum absolute atomic E-state index is 12.9. The highest BCUT2D eigenvalue weighted by molar-refractivity contribution is 5.82. The van der Waals surface area contributed by atoms with Gasteiger partial charge in [-0.25, -0.2) is 0 Å². The van der Waals surface area contributed by atoms with Crippen molar-refractivity contribution in [2.75, 3.05) is 13.2 Å². The molecule has 45 heavy (non-hydrogen) atoms. The van der Waals surface area contributed by atoms with Crippen LogP contribution in [0.2, 0.25) is 0 Å². The Labute approximate surface area is 274 Å². The lowest BCUT2D eigenvalue weighted by atomic mass is 9.79. The van der Waals surface area contributed by atoms with Gasteiger partial charge in [-0.2, -0.15) is 0 Å². The van der Waals surface area contributed by atoms with Crippen LogP contribution in [-0.4, -0.2) is 61.8 Å². The fraction of sp³-hybridized carbons (Fsp3) is 0.947. The number of hydrogen-bond acceptors (Lipinski definition) is 7. The molecular weight excluding hydrogens is 568 g/mol. The Kier molecular flexibility index (Phi) is 17.0. The van der Waals surface area contributed by atoms with Crippen LogP contribution in [0, 0.1) is 11.8 Å². The van der Waals surface area contributed by atoms with Gasteiger partial charge in [0.05, 0.1) is 61.7 Å². The molecule has 3 saturated heterocycles. The second-order valence-corrected chi connectivity index (χ2v) is 14.4. The van der Waals surface area contributed by atoms with Crippen LogP contribution >= 0.6 is 0 Å². The van der Waals surface area contributed by atoms with E-state index in [4.69, 9.17) is 23.7 Å². The summed E-state index contributed by atoms with van der Waals surface area (Å²) in [7, 11) is 0. The smallest absolute Gasteiger partial charge is 0.309 e. The summed E-state index contributed by atoms with van der Waals surface area (Å²) in [4.78, 5) is 25.9. The summed E-state index contributed by atoms with van der Waals surface area (Å²) >= 11 is 0. The molecule has 3 heterocycles. The summed E-state index contributed by atoms with van der Waals surface area (Å²) < 4.78 is 28.2. The third kappa shape index (κ3) is 14.2. The molecule has 0 aromatic carbocycles. The van der Waals surface area contributed by atoms with E-state index in [2.05, 4.69) is 13.8 Å². The molecule has 4 rings (SSSR count). The summed E-state index contributed by atoms with van der Waals surface area (Å²) in [5, 5.41) is 0. The van der Waals surface area contributed by atoms with E-state index >= 15 is 0 Å². The van der Waals surface area contributed by atoms with Crippen LogP contribution in [0.3, 0.4) is 0 Å². The molecule has 0 radical (unpaired) electrons. The molecule has 8 atom stereocenters. The van der Waals surface area contributed by atoms with Gasteiger partial charge in [-0.3, -0.25) is 9.59 Å². The Balaban J connectivity index is 0.934. The Morgan fingerprint density at radius 3 is 1.13 bits per heavy atom. The lowest BCUT2D eigenvalue weighted by Crippen LogP contribution is -2.37. The zero-order valence-electron chi connectivity index (χ0n) is 28.9. The van der Waals surface area contributed by atoms with Crippen molar-refractivity contribution in [1.82, 2.24) is 0 Å². The van der Waals surface area contributed by atoms with Gasteiger partial charge in [0.2, 0.25) is 0 Å². The first-order valence-corrected chi connectivity index (χ1v) is 19.4. The van der Waals surface area contributed by atoms with Crippen LogP contribution in [0.1, 0.15) is 168 Å². The van der Waals surface area contributed by atoms with E-state index in [0.29, 0.717) is 50.5 Å². The van der Waals surface area contributed by atoms with E-state index in [9.17, 15) is 9.59 Å². The molecule has 1 aliphatic carbocycles. The zero-order chi connectivity index (χ0) is 31.7. The minimum Gasteiger partial charge on any atom is -0.465 e. The molecule has 3 aliphatic heterocycles. The molecule has 0 N–H and O–H groups in total. The molecule has 0 amide bonds. The van der Waals surface area contributed by atoms with E-state index in [1.54, 1.807) is 0 Å². The molecule has 0 aromatic heterocycles. The standard InChI is InChI=1S/C38H66O7/c1-3-31-33(43-31)23-19-15-11-7-5-9-13-17-21-25-41-37(39)29-27-35-36(45-35)28-30(29)38(40)42-26-22-18-14-10-6-8-12-16-20-24-34-32(4-2)44-34/h29-36H,3-28H2,1-2H3. The Hall–Kier alpha value is -1.18. The van der Waals surface area contributed by atoms with Gasteiger partial charge in [0, 0.05) is 0 Å². The Morgan fingerprint density at radius 1 is 0.467 bits per heavy atom. The quantitative estimate of drug-likeness (QED) is 0.0482. The van der Waals surface area contributed by atoms with Crippen molar-refractivity contribution in [3.8, 4) is 0 Å². The lowest BCUT2D eigenvalue weighted by Gasteiger charge is -2.26. The molecule has 7 heteroatoms. The SMILES string of the molecule is CCC1OC1CCCCCCCCCCCOC(=O)C1CC2OC2CC1C(=O)OCCCCCCCCCCCC1OC1CC. The highest BCUT2D eigenvalue weighted by Crippen LogP contribution is 2.44. The third-order valence-corrected chi connectivity index (χ3v) is 10.7. The maximum Gasteiger partial charge on any atom is 0.309 e. The second-order valence-electron chi connectivity index (χ2n) is 14.4. The normalized spacial score (nSPS) is 29.6. The molecule has 260 valence electrons. The van der Waals surface area contributed by atoms with Crippen molar-refractivity contribution in [3.05, 3.63) is 0 Å². The van der Waals surface area contributed by atoms with Gasteiger partial charge < -0.3 is 23.7 Å². The molecule has 1 saturated carbocycles. The minimum atomic E-state index is -0.426. The van der Waals surface area contributed by atoms with Crippen molar-refractivity contribution in [1.29, 1.82) is 0 Å². The van der Waals surface area contributed by atoms with Crippen LogP contribution in [-0.2, 0) is 33.3 Å². The molecule has 0 spiro atoms. The number of ether oxygens (including phenoxy) is 5. The first-order valence-electron chi connectivity index (χ1n) is 19.4. The predicted molar refractivity (Wildman–Crippen MR) is 177 cm³/mol. The van der Waals surface area contributed by atoms with Crippen molar-refractivity contribution < 1.29 is 33.3 Å². The van der Waals surface area contributed by atoms with Crippen LogP contribution in [0.5, 0.6) is 0 Å². The number of epoxide rings is 3. The van der Waals surface area contributed by atoms with Crippen molar-refractivity contribution in [2.24, 2.45) is 11.8 Å². The fourth-order valence-electron chi connectivity index (χ4n) is 7.46. The lowest BCUT2D eigenvalue weighted by molar-refractivity contribution is -0.162. The minimum absolute atomic E-state index is 0.113. The summed E-state index contributed by atoms with van der Waals surface area (Å²) in [5.74, 6) is -1.33. The Bertz CT molecular complexity index is 767. The third-order valence-electron chi connectivity index (χ3n) is 10.7. The number of carbonyl (C=O) groups is 2. The highest BCUT2D eigenvalue weighted by atomic mass is 16.6. The second kappa shape index (κ2) is 20.9. The molecular formula is C38H66O7. The fourth-order valence-corrected chi connectivity index (χ4v) is 7.46. The summed E-state index contributed by atoms with van der Waals surface area (Å²) in [6, 6.07) is 0. The van der Waals surface area contributed by atoms with E-state index in [1.807, 2.05) is 0 Å². The summed E-state index contributed by atoms with van der Waals surface area (Å²) in [6.07, 6.45) is 30.4. The molecule has 7 nitrogen and oxygen atoms in total. The number of fused-ring (bicyclic) bond motifs is 1. The van der Waals surface area contributed by atoms with Crippen molar-refractivity contribution >= 4 is 11.9 Å². The van der Waals surface area contributed by atoms with Crippen LogP contribution in [0.4, 0.5) is 0 Å². The van der Waals surface area contributed by atoms with Crippen LogP contribution in [0.25, 0.3) is 0 Å². The predicted octanol–water partition coefficient (Wildman–Crippen LogP) is 9.02. The van der Waals surface area contributed by atoms with Gasteiger partial charge in [-0.15, -0.1) is 0 Å². The summed E-state index contributed by atoms with van der Waals surface area (Å²) in [6.45, 7) is 5.31. The van der Waals surface area contributed by atoms with Gasteiger partial charge in [-0.05, 0) is 51.4 Å². The topological polar surface area (TPSA) is 90.2 Å². The number of esters is 2. The first kappa shape index (κ1) is 36.7. The largest absolute Gasteiger partial charge is 0.465 e. The number of hydrogen-bond donors (Lipinski definition) is 0. The Morgan fingerprint density at radius 2 is 0.800 bits per heavy atom. The maximum atomic E-state index is 12.9. The molecule has 4 aliphatic rings. The number of unbranched alkanes of at least 4 members (excludes halogenated alkanes) is 16. The van der Waals surface area contributed by atoms with Gasteiger partial charge >= 0.3 is 11.9 Å². The van der Waals surface area contributed by atoms with E-state index < -0.39 is 11.8 Å².